The summed E-state index contributed by atoms with van der Waals surface area (Å²) in [6, 6.07) is 0. The van der Waals surface area contributed by atoms with Gasteiger partial charge in [-0.05, 0) is 19.8 Å². The molecule has 0 aromatic rings. The fourth-order valence-electron chi connectivity index (χ4n) is 1.37. The fraction of sp³-hybridized carbons (Fsp3) is 1.00. The van der Waals surface area contributed by atoms with Crippen LogP contribution in [-0.2, 0) is 14.2 Å². The van der Waals surface area contributed by atoms with E-state index in [0.717, 1.165) is 19.4 Å². The van der Waals surface area contributed by atoms with Crippen molar-refractivity contribution in [2.24, 2.45) is 0 Å². The zero-order valence-electron chi connectivity index (χ0n) is 8.57. The Bertz CT molecular complexity index is 145. The summed E-state index contributed by atoms with van der Waals surface area (Å²) in [6.07, 6.45) is 2.37. The van der Waals surface area contributed by atoms with E-state index in [1.54, 1.807) is 0 Å². The molecule has 1 aliphatic heterocycles. The van der Waals surface area contributed by atoms with Crippen molar-refractivity contribution in [2.75, 3.05) is 26.7 Å². The predicted octanol–water partition coefficient (Wildman–Crippen LogP) is 0.0415. The van der Waals surface area contributed by atoms with Crippen LogP contribution in [0.25, 0.3) is 0 Å². The van der Waals surface area contributed by atoms with Gasteiger partial charge in [-0.3, -0.25) is 5.32 Å². The van der Waals surface area contributed by atoms with Crippen LogP contribution in [0.15, 0.2) is 0 Å². The molecule has 84 valence electrons. The van der Waals surface area contributed by atoms with Crippen molar-refractivity contribution in [1.82, 2.24) is 5.32 Å². The van der Waals surface area contributed by atoms with E-state index in [2.05, 4.69) is 17.0 Å². The van der Waals surface area contributed by atoms with Gasteiger partial charge in [-0.2, -0.15) is 0 Å². The Balaban J connectivity index is 1.84. The standard InChI is InChI=1S/C9H19NO4/c1-8-5-10-9(14-8)3-2-4-12-7-13-6-11/h8-11H,2-7H2,1H3. The molecule has 1 fully saturated rings. The van der Waals surface area contributed by atoms with Gasteiger partial charge in [0.15, 0.2) is 0 Å². The first-order valence-electron chi connectivity index (χ1n) is 4.98. The molecular formula is C9H19NO4. The molecule has 1 heterocycles. The highest BCUT2D eigenvalue weighted by atomic mass is 16.7. The number of rotatable bonds is 7. The Hall–Kier alpha value is -0.200. The molecule has 2 N–H and O–H groups in total. The SMILES string of the molecule is CC1CNC(CCCOCOCO)O1. The van der Waals surface area contributed by atoms with E-state index in [0.29, 0.717) is 12.7 Å². The Morgan fingerprint density at radius 3 is 3.00 bits per heavy atom. The summed E-state index contributed by atoms with van der Waals surface area (Å²) in [4.78, 5) is 0. The maximum absolute atomic E-state index is 8.29. The Labute approximate surface area is 84.3 Å². The molecule has 14 heavy (non-hydrogen) atoms. The highest BCUT2D eigenvalue weighted by molar-refractivity contribution is 4.69. The maximum Gasteiger partial charge on any atom is 0.149 e. The van der Waals surface area contributed by atoms with Gasteiger partial charge >= 0.3 is 0 Å². The molecule has 5 nitrogen and oxygen atoms in total. The molecule has 0 spiro atoms. The number of hydrogen-bond donors (Lipinski definition) is 2. The second-order valence-electron chi connectivity index (χ2n) is 3.35. The molecule has 0 amide bonds. The van der Waals surface area contributed by atoms with Crippen LogP contribution in [0, 0.1) is 0 Å². The minimum atomic E-state index is -0.287. The van der Waals surface area contributed by atoms with E-state index in [1.807, 2.05) is 0 Å². The third-order valence-electron chi connectivity index (χ3n) is 2.04. The van der Waals surface area contributed by atoms with Gasteiger partial charge in [-0.15, -0.1) is 0 Å². The van der Waals surface area contributed by atoms with Crippen molar-refractivity contribution in [3.63, 3.8) is 0 Å². The van der Waals surface area contributed by atoms with Crippen molar-refractivity contribution in [1.29, 1.82) is 0 Å². The third kappa shape index (κ3) is 4.88. The van der Waals surface area contributed by atoms with E-state index >= 15 is 0 Å². The second-order valence-corrected chi connectivity index (χ2v) is 3.35. The normalized spacial score (nSPS) is 27.0. The van der Waals surface area contributed by atoms with E-state index in [4.69, 9.17) is 14.6 Å². The van der Waals surface area contributed by atoms with E-state index < -0.39 is 0 Å². The minimum absolute atomic E-state index is 0.159. The van der Waals surface area contributed by atoms with Crippen LogP contribution in [0.4, 0.5) is 0 Å². The van der Waals surface area contributed by atoms with Crippen LogP contribution in [0.5, 0.6) is 0 Å². The van der Waals surface area contributed by atoms with Crippen molar-refractivity contribution >= 4 is 0 Å². The number of nitrogens with one attached hydrogen (secondary N) is 1. The van der Waals surface area contributed by atoms with Gasteiger partial charge in [0, 0.05) is 13.2 Å². The highest BCUT2D eigenvalue weighted by Crippen LogP contribution is 2.09. The largest absolute Gasteiger partial charge is 0.371 e. The van der Waals surface area contributed by atoms with Gasteiger partial charge in [-0.1, -0.05) is 0 Å². The lowest BCUT2D eigenvalue weighted by Crippen LogP contribution is -2.22. The van der Waals surface area contributed by atoms with Crippen molar-refractivity contribution in [2.45, 2.75) is 32.1 Å². The van der Waals surface area contributed by atoms with Gasteiger partial charge < -0.3 is 19.3 Å². The summed E-state index contributed by atoms with van der Waals surface area (Å²) in [5.74, 6) is 0. The lowest BCUT2D eigenvalue weighted by atomic mass is 10.3. The molecule has 2 unspecified atom stereocenters. The highest BCUT2D eigenvalue weighted by Gasteiger charge is 2.19. The van der Waals surface area contributed by atoms with E-state index in [-0.39, 0.29) is 19.8 Å². The number of aliphatic hydroxyl groups is 1. The van der Waals surface area contributed by atoms with Crippen LogP contribution in [0.2, 0.25) is 0 Å². The zero-order valence-corrected chi connectivity index (χ0v) is 8.57. The van der Waals surface area contributed by atoms with Crippen LogP contribution >= 0.6 is 0 Å². The van der Waals surface area contributed by atoms with Gasteiger partial charge in [-0.25, -0.2) is 0 Å². The van der Waals surface area contributed by atoms with Crippen LogP contribution in [-0.4, -0.2) is 44.2 Å². The quantitative estimate of drug-likeness (QED) is 0.454. The summed E-state index contributed by atoms with van der Waals surface area (Å²) in [5, 5.41) is 11.6. The average molecular weight is 205 g/mol. The molecule has 1 saturated heterocycles. The summed E-state index contributed by atoms with van der Waals surface area (Å²) >= 11 is 0. The van der Waals surface area contributed by atoms with Crippen molar-refractivity contribution in [3.8, 4) is 0 Å². The summed E-state index contributed by atoms with van der Waals surface area (Å²) in [7, 11) is 0. The molecule has 0 bridgehead atoms. The Morgan fingerprint density at radius 2 is 2.36 bits per heavy atom. The van der Waals surface area contributed by atoms with Gasteiger partial charge in [0.05, 0.1) is 6.10 Å². The van der Waals surface area contributed by atoms with Gasteiger partial charge in [0.2, 0.25) is 0 Å². The molecule has 0 aromatic carbocycles. The lowest BCUT2D eigenvalue weighted by molar-refractivity contribution is -0.109. The molecule has 5 heteroatoms. The first kappa shape index (κ1) is 11.9. The number of aliphatic hydroxyl groups excluding tert-OH is 1. The minimum Gasteiger partial charge on any atom is -0.371 e. The van der Waals surface area contributed by atoms with Crippen molar-refractivity contribution < 1.29 is 19.3 Å². The monoisotopic (exact) mass is 205 g/mol. The Kier molecular flexibility index (Phi) is 6.05. The third-order valence-corrected chi connectivity index (χ3v) is 2.04. The van der Waals surface area contributed by atoms with E-state index in [9.17, 15) is 0 Å². The number of hydrogen-bond acceptors (Lipinski definition) is 5. The smallest absolute Gasteiger partial charge is 0.149 e. The maximum atomic E-state index is 8.29. The first-order chi connectivity index (χ1) is 6.83. The molecule has 0 saturated carbocycles. The molecule has 0 aromatic heterocycles. The first-order valence-corrected chi connectivity index (χ1v) is 4.98. The molecule has 1 aliphatic rings. The summed E-state index contributed by atoms with van der Waals surface area (Å²) in [5.41, 5.74) is 0. The van der Waals surface area contributed by atoms with Gasteiger partial charge in [0.1, 0.15) is 19.8 Å². The number of ether oxygens (including phenoxy) is 3. The van der Waals surface area contributed by atoms with Crippen LogP contribution < -0.4 is 5.32 Å². The summed E-state index contributed by atoms with van der Waals surface area (Å²) < 4.78 is 15.3. The predicted molar refractivity (Wildman–Crippen MR) is 50.6 cm³/mol. The molecule has 0 aliphatic carbocycles. The molecular weight excluding hydrogens is 186 g/mol. The average Bonchev–Trinajstić information content (AvgIpc) is 2.58. The molecule has 1 rings (SSSR count). The molecule has 0 radical (unpaired) electrons. The zero-order chi connectivity index (χ0) is 10.2. The fourth-order valence-corrected chi connectivity index (χ4v) is 1.37. The second kappa shape index (κ2) is 7.14. The lowest BCUT2D eigenvalue weighted by Gasteiger charge is -2.10. The molecule has 2 atom stereocenters. The van der Waals surface area contributed by atoms with Gasteiger partial charge in [0.25, 0.3) is 0 Å². The van der Waals surface area contributed by atoms with Crippen LogP contribution in [0.3, 0.4) is 0 Å². The Morgan fingerprint density at radius 1 is 1.50 bits per heavy atom. The topological polar surface area (TPSA) is 60.0 Å². The summed E-state index contributed by atoms with van der Waals surface area (Å²) in [6.45, 7) is 3.49. The van der Waals surface area contributed by atoms with Crippen LogP contribution in [0.1, 0.15) is 19.8 Å². The van der Waals surface area contributed by atoms with Crippen molar-refractivity contribution in [3.05, 3.63) is 0 Å². The van der Waals surface area contributed by atoms with E-state index in [1.165, 1.54) is 0 Å².